The number of alkyl halides is 3. The van der Waals surface area contributed by atoms with Gasteiger partial charge in [0, 0.05) is 114 Å². The number of likely N-dealkylation sites (tertiary alicyclic amines) is 1. The molecule has 5 N–H and O–H groups in total. The molecular weight excluding hydrogens is 1670 g/mol. The Balaban J connectivity index is 0.000000127. The van der Waals surface area contributed by atoms with Crippen LogP contribution < -0.4 is 37.3 Å². The number of carbonyl (C=O) groups excluding carboxylic acids is 1. The van der Waals surface area contributed by atoms with Gasteiger partial charge in [0.15, 0.2) is 39.8 Å². The molecule has 5 saturated heterocycles. The highest BCUT2D eigenvalue weighted by atomic mass is 35.5. The Bertz CT molecular complexity index is 6250. The average Bonchev–Trinajstić information content (AvgIpc) is 1.67. The number of nitrogens with zero attached hydrogens (tertiary/aromatic N) is 17. The first kappa shape index (κ1) is 89.8. The van der Waals surface area contributed by atoms with Crippen LogP contribution in [0, 0.1) is 25.6 Å². The van der Waals surface area contributed by atoms with Gasteiger partial charge in [-0.15, -0.1) is 11.3 Å². The monoisotopic (exact) mass is 1770 g/mol. The number of aromatic nitrogens is 21. The molecule has 5 aliphatic rings. The van der Waals surface area contributed by atoms with Gasteiger partial charge in [0.2, 0.25) is 0 Å². The highest BCUT2D eigenvalue weighted by molar-refractivity contribution is 7.11. The van der Waals surface area contributed by atoms with Crippen LogP contribution in [0.4, 0.5) is 22.4 Å². The number of carbonyl (C=O) groups is 1. The van der Waals surface area contributed by atoms with Gasteiger partial charge < -0.3 is 63.0 Å². The first-order valence-corrected chi connectivity index (χ1v) is 43.0. The first-order valence-electron chi connectivity index (χ1n) is 41.8. The van der Waals surface area contributed by atoms with Crippen molar-refractivity contribution in [1.29, 1.82) is 0 Å². The number of hydrogen-bond donors (Lipinski definition) is 5. The van der Waals surface area contributed by atoms with Gasteiger partial charge in [-0.1, -0.05) is 37.6 Å². The highest BCUT2D eigenvalue weighted by Crippen LogP contribution is 2.33. The van der Waals surface area contributed by atoms with Crippen molar-refractivity contribution in [3.05, 3.63) is 186 Å². The molecular formula is C84H101ClF4N22O13S. The summed E-state index contributed by atoms with van der Waals surface area (Å²) in [5.74, 6) is 3.13. The summed E-state index contributed by atoms with van der Waals surface area (Å²) in [6, 6.07) is 10.8. The van der Waals surface area contributed by atoms with Crippen LogP contribution in [0.25, 0.3) is 55.2 Å². The molecule has 0 aliphatic carbocycles. The molecule has 0 spiro atoms. The number of rotatable bonds is 17. The lowest BCUT2D eigenvalue weighted by atomic mass is 10.1. The third-order valence-corrected chi connectivity index (χ3v) is 23.2. The van der Waals surface area contributed by atoms with Crippen LogP contribution in [0.3, 0.4) is 0 Å². The topological polar surface area (TPSA) is 416 Å². The number of amides is 1. The lowest BCUT2D eigenvalue weighted by Gasteiger charge is -2.34. The summed E-state index contributed by atoms with van der Waals surface area (Å²) in [7, 11) is 3.01. The molecule has 41 heteroatoms. The Hall–Kier alpha value is -11.5. The zero-order valence-corrected chi connectivity index (χ0v) is 72.5. The number of benzene rings is 2. The summed E-state index contributed by atoms with van der Waals surface area (Å²) in [5.41, 5.74) is 3.47. The van der Waals surface area contributed by atoms with Gasteiger partial charge in [-0.25, -0.2) is 62.5 Å². The van der Waals surface area contributed by atoms with Gasteiger partial charge in [0.05, 0.1) is 92.5 Å². The fraction of sp³-hybridized carbons (Fsp3) is 0.512. The second-order valence-corrected chi connectivity index (χ2v) is 34.5. The van der Waals surface area contributed by atoms with E-state index in [1.807, 2.05) is 60.8 Å². The smallest absolute Gasteiger partial charge is 0.410 e. The molecule has 11 aromatic heterocycles. The number of methoxy groups -OCH3 is 2. The number of hydrogen-bond acceptors (Lipinski definition) is 25. The van der Waals surface area contributed by atoms with E-state index in [1.54, 1.807) is 75.7 Å². The predicted molar refractivity (Wildman–Crippen MR) is 457 cm³/mol. The number of fused-ring (bicyclic) bond motifs is 5. The molecule has 125 heavy (non-hydrogen) atoms. The van der Waals surface area contributed by atoms with Gasteiger partial charge in [-0.2, -0.15) is 38.7 Å². The van der Waals surface area contributed by atoms with Crippen LogP contribution in [-0.2, 0) is 55.8 Å². The number of nitrogens with one attached hydrogen (secondary N) is 5. The van der Waals surface area contributed by atoms with Crippen LogP contribution in [0.15, 0.2) is 91.4 Å². The van der Waals surface area contributed by atoms with Crippen molar-refractivity contribution in [2.24, 2.45) is 5.92 Å². The van der Waals surface area contributed by atoms with E-state index < -0.39 is 29.6 Å². The standard InChI is InChI=1S/C19H29N5O3.C18H19ClN4O3.C18H19FN4O3.C16H19N5O2S.C13H15F3N4O2/c1-12(2)9-15-21-16-14(17(25)22-15)10-20-24(16)13-7-6-8-23(11-13)18(26)27-19(3,4)5;1-25-15-4-2-3-14(19)12(15)9-16-21-17-13(18(24)22-16)10-20-23(17)11-5-7-26-8-6-11;1-25-15-3-2-11(8-14(15)19)9-16-21-17-13(18(24)22-16)10-20-23(17)12-4-6-26-7-5-12;1-9-13(18-10(2)24-9)7-14-19-15-12(16(22)20-14)8-17-21(15)11-3-5-23-6-4-11;14-13(15,16)4-1-10-18-11-9(12(21)19-10)7-17-20(11)8-2-5-22-6-3-8/h10,12-13H,6-9,11H2,1-5H3,(H,21,22,25);2-4,10-11H,5-9H2,1H3,(H,21,22,24);2-3,8,10,12H,4-7,9H2,1H3,(H,21,22,24);8,11H,3-7H2,1-2H3,(H,19,20,22);7-8H,1-6H2,(H,18,19,21). The van der Waals surface area contributed by atoms with Crippen molar-refractivity contribution in [2.75, 3.05) is 80.2 Å². The molecule has 1 atom stereocenters. The third-order valence-electron chi connectivity index (χ3n) is 21.9. The molecule has 16 heterocycles. The molecule has 18 rings (SSSR count). The van der Waals surface area contributed by atoms with E-state index in [1.165, 1.54) is 19.4 Å². The van der Waals surface area contributed by atoms with Crippen LogP contribution >= 0.6 is 22.9 Å². The zero-order valence-electron chi connectivity index (χ0n) is 70.9. The summed E-state index contributed by atoms with van der Waals surface area (Å²) < 4.78 is 97.1. The molecule has 2 aromatic carbocycles. The second-order valence-electron chi connectivity index (χ2n) is 32.7. The number of H-pyrrole nitrogens is 5. The van der Waals surface area contributed by atoms with Gasteiger partial charge in [-0.05, 0) is 135 Å². The maximum absolute atomic E-state index is 13.9. The molecule has 666 valence electrons. The minimum absolute atomic E-state index is 0.0232. The lowest BCUT2D eigenvalue weighted by Crippen LogP contribution is -2.43. The molecule has 1 unspecified atom stereocenters. The average molecular weight is 1770 g/mol. The van der Waals surface area contributed by atoms with Gasteiger partial charge >= 0.3 is 12.3 Å². The number of piperidine rings is 1. The van der Waals surface area contributed by atoms with E-state index in [4.69, 9.17) is 44.8 Å². The Morgan fingerprint density at radius 3 is 1.33 bits per heavy atom. The van der Waals surface area contributed by atoms with E-state index in [2.05, 4.69) is 94.2 Å². The fourth-order valence-electron chi connectivity index (χ4n) is 15.7. The molecule has 5 aliphatic heterocycles. The van der Waals surface area contributed by atoms with Crippen molar-refractivity contribution in [2.45, 2.75) is 193 Å². The molecule has 0 radical (unpaired) electrons. The maximum atomic E-state index is 13.9. The zero-order chi connectivity index (χ0) is 88.4. The van der Waals surface area contributed by atoms with Crippen molar-refractivity contribution in [3.8, 4) is 11.5 Å². The van der Waals surface area contributed by atoms with Gasteiger partial charge in [0.25, 0.3) is 27.8 Å². The highest BCUT2D eigenvalue weighted by Gasteiger charge is 2.33. The maximum Gasteiger partial charge on any atom is 0.410 e. The summed E-state index contributed by atoms with van der Waals surface area (Å²) in [5, 5.41) is 25.7. The van der Waals surface area contributed by atoms with E-state index in [-0.39, 0.29) is 76.5 Å². The van der Waals surface area contributed by atoms with Crippen LogP contribution in [0.1, 0.15) is 191 Å². The predicted octanol–water partition coefficient (Wildman–Crippen LogP) is 11.9. The molecule has 5 fully saturated rings. The molecule has 0 bridgehead atoms. The van der Waals surface area contributed by atoms with Crippen molar-refractivity contribution in [3.63, 3.8) is 0 Å². The van der Waals surface area contributed by atoms with E-state index in [9.17, 15) is 46.3 Å². The summed E-state index contributed by atoms with van der Waals surface area (Å²) >= 11 is 7.98. The van der Waals surface area contributed by atoms with E-state index in [0.717, 1.165) is 98.6 Å². The normalized spacial score (nSPS) is 16.5. The third kappa shape index (κ3) is 22.1. The summed E-state index contributed by atoms with van der Waals surface area (Å²) in [6.07, 6.45) is 12.0. The Labute approximate surface area is 721 Å². The Morgan fingerprint density at radius 1 is 0.528 bits per heavy atom. The molecule has 13 aromatic rings. The van der Waals surface area contributed by atoms with Crippen molar-refractivity contribution in [1.82, 2.24) is 109 Å². The van der Waals surface area contributed by atoms with Crippen LogP contribution in [0.2, 0.25) is 5.02 Å². The van der Waals surface area contributed by atoms with Crippen LogP contribution in [-0.4, -0.2) is 207 Å². The number of aromatic amines is 5. The summed E-state index contributed by atoms with van der Waals surface area (Å²) in [6.45, 7) is 20.3. The number of halogens is 5. The molecule has 0 saturated carbocycles. The van der Waals surface area contributed by atoms with Crippen LogP contribution in [0.5, 0.6) is 11.5 Å². The SMILES string of the molecule is CC(C)Cc1nc2c(cnn2C2CCCN(C(=O)OC(C)(C)C)C2)c(=O)[nH]1.COc1ccc(Cc2nc3c(cnn3C3CCOCC3)c(=O)[nH]2)cc1F.COc1cccc(Cl)c1Cc1nc2c(cnn2C2CCOCC2)c(=O)[nH]1.Cc1nc(Cc2nc3c(cnn3C3CCOCC3)c(=O)[nH]2)c(C)s1.O=c1[nH]c(CCC(F)(F)F)nc2c1cnn2C1CCOCC1. The number of thiazole rings is 1. The first-order chi connectivity index (χ1) is 60.0. The van der Waals surface area contributed by atoms with Gasteiger partial charge in [-0.3, -0.25) is 24.0 Å². The van der Waals surface area contributed by atoms with E-state index in [0.29, 0.717) is 179 Å². The molecule has 1 amide bonds. The minimum Gasteiger partial charge on any atom is -0.496 e. The van der Waals surface area contributed by atoms with E-state index >= 15 is 0 Å². The Kier molecular flexibility index (Phi) is 28.6. The number of ether oxygens (including phenoxy) is 7. The second kappa shape index (κ2) is 39.8. The van der Waals surface area contributed by atoms with Crippen molar-refractivity contribution < 1.29 is 55.5 Å². The largest absolute Gasteiger partial charge is 0.496 e. The molecule has 35 nitrogen and oxygen atoms in total. The number of aryl methyl sites for hydroxylation is 3. The fourth-order valence-corrected chi connectivity index (χ4v) is 16.8. The quantitative estimate of drug-likeness (QED) is 0.0529. The minimum atomic E-state index is -4.28. The Morgan fingerprint density at radius 2 is 0.928 bits per heavy atom. The van der Waals surface area contributed by atoms with Gasteiger partial charge in [0.1, 0.15) is 67.4 Å². The lowest BCUT2D eigenvalue weighted by molar-refractivity contribution is -0.134. The summed E-state index contributed by atoms with van der Waals surface area (Å²) in [4.78, 5) is 118. The van der Waals surface area contributed by atoms with Crippen molar-refractivity contribution >= 4 is 84.2 Å².